The Hall–Kier alpha value is -1.51. The van der Waals surface area contributed by atoms with Crippen LogP contribution in [0.4, 0.5) is 0 Å². The first-order chi connectivity index (χ1) is 10.6. The molecule has 0 aromatic carbocycles. The number of carboxylic acids is 1. The predicted octanol–water partition coefficient (Wildman–Crippen LogP) is 4.01. The second kappa shape index (κ2) is 6.31. The fourth-order valence-corrected chi connectivity index (χ4v) is 4.88. The van der Waals surface area contributed by atoms with Gasteiger partial charge in [0, 0.05) is 10.3 Å². The average molecular weight is 351 g/mol. The minimum absolute atomic E-state index is 0.312. The first kappa shape index (κ1) is 15.4. The van der Waals surface area contributed by atoms with Crippen LogP contribution in [-0.4, -0.2) is 26.0 Å². The lowest BCUT2D eigenvalue weighted by atomic mass is 10.3. The summed E-state index contributed by atoms with van der Waals surface area (Å²) in [7, 11) is 0. The second-order valence-electron chi connectivity index (χ2n) is 4.58. The zero-order valence-corrected chi connectivity index (χ0v) is 14.4. The molecule has 0 unspecified atom stereocenters. The molecule has 0 atom stereocenters. The van der Waals surface area contributed by atoms with Crippen molar-refractivity contribution < 1.29 is 9.90 Å². The molecule has 0 radical (unpaired) electrons. The molecule has 114 valence electrons. The third-order valence-electron chi connectivity index (χ3n) is 3.06. The first-order valence-corrected chi connectivity index (χ1v) is 9.26. The lowest BCUT2D eigenvalue weighted by Gasteiger charge is -1.99. The van der Waals surface area contributed by atoms with Gasteiger partial charge in [-0.2, -0.15) is 0 Å². The van der Waals surface area contributed by atoms with Crippen LogP contribution in [0.2, 0.25) is 0 Å². The van der Waals surface area contributed by atoms with Crippen molar-refractivity contribution in [1.82, 2.24) is 15.0 Å². The van der Waals surface area contributed by atoms with E-state index in [0.29, 0.717) is 16.3 Å². The third-order valence-corrected chi connectivity index (χ3v) is 6.59. The highest BCUT2D eigenvalue weighted by atomic mass is 32.2. The molecule has 0 spiro atoms. The molecule has 0 fully saturated rings. The Labute approximate surface area is 139 Å². The molecule has 8 heteroatoms. The molecule has 3 aromatic rings. The topological polar surface area (TPSA) is 76.0 Å². The molecule has 5 nitrogen and oxygen atoms in total. The molecule has 0 saturated heterocycles. The Bertz CT molecular complexity index is 841. The summed E-state index contributed by atoms with van der Waals surface area (Å²) in [6.07, 6.45) is 2.56. The molecule has 3 rings (SSSR count). The number of fused-ring (bicyclic) bond motifs is 1. The SMILES string of the molecule is CCc1cc2c(SCc3nc(C)c(C(=O)O)s3)ncnc2s1. The molecular formula is C14H13N3O2S3. The fourth-order valence-electron chi connectivity index (χ4n) is 2.02. The number of thiophene rings is 1. The van der Waals surface area contributed by atoms with Crippen LogP contribution in [0.5, 0.6) is 0 Å². The number of nitrogens with zero attached hydrogens (tertiary/aromatic N) is 3. The van der Waals surface area contributed by atoms with Crippen LogP contribution in [0.15, 0.2) is 17.4 Å². The summed E-state index contributed by atoms with van der Waals surface area (Å²) >= 11 is 4.49. The highest BCUT2D eigenvalue weighted by Crippen LogP contribution is 2.33. The number of carboxylic acid groups (broad SMARTS) is 1. The molecule has 0 aliphatic carbocycles. The van der Waals surface area contributed by atoms with E-state index in [4.69, 9.17) is 5.11 Å². The van der Waals surface area contributed by atoms with E-state index < -0.39 is 5.97 Å². The maximum absolute atomic E-state index is 11.1. The van der Waals surface area contributed by atoms with E-state index in [1.165, 1.54) is 16.2 Å². The smallest absolute Gasteiger partial charge is 0.347 e. The maximum Gasteiger partial charge on any atom is 0.347 e. The van der Waals surface area contributed by atoms with Crippen LogP contribution in [0.1, 0.15) is 32.2 Å². The minimum atomic E-state index is -0.916. The molecule has 22 heavy (non-hydrogen) atoms. The van der Waals surface area contributed by atoms with Crippen LogP contribution >= 0.6 is 34.4 Å². The largest absolute Gasteiger partial charge is 0.477 e. The molecule has 1 N–H and O–H groups in total. The standard InChI is InChI=1S/C14H13N3O2S3/c1-3-8-4-9-12(15-6-16-13(9)21-8)20-5-10-17-7(2)11(22-10)14(18)19/h4,6H,3,5H2,1-2H3,(H,18,19). The van der Waals surface area contributed by atoms with E-state index in [1.54, 1.807) is 36.3 Å². The summed E-state index contributed by atoms with van der Waals surface area (Å²) in [4.78, 5) is 26.6. The number of aromatic nitrogens is 3. The van der Waals surface area contributed by atoms with E-state index in [0.717, 1.165) is 26.7 Å². The number of hydrogen-bond acceptors (Lipinski definition) is 7. The van der Waals surface area contributed by atoms with E-state index in [9.17, 15) is 4.79 Å². The van der Waals surface area contributed by atoms with Gasteiger partial charge in [0.2, 0.25) is 0 Å². The minimum Gasteiger partial charge on any atom is -0.477 e. The van der Waals surface area contributed by atoms with Crippen LogP contribution < -0.4 is 0 Å². The molecule has 3 heterocycles. The van der Waals surface area contributed by atoms with Crippen LogP contribution in [0.3, 0.4) is 0 Å². The zero-order chi connectivity index (χ0) is 15.7. The van der Waals surface area contributed by atoms with Crippen molar-refractivity contribution in [3.8, 4) is 0 Å². The number of thiazole rings is 1. The summed E-state index contributed by atoms with van der Waals surface area (Å²) in [5, 5.41) is 11.9. The number of hydrogen-bond donors (Lipinski definition) is 1. The normalized spacial score (nSPS) is 11.2. The van der Waals surface area contributed by atoms with Crippen LogP contribution in [0, 0.1) is 6.92 Å². The van der Waals surface area contributed by atoms with Gasteiger partial charge < -0.3 is 5.11 Å². The number of thioether (sulfide) groups is 1. The number of aryl methyl sites for hydroxylation is 2. The molecule has 0 bridgehead atoms. The first-order valence-electron chi connectivity index (χ1n) is 6.64. The Kier molecular flexibility index (Phi) is 4.42. The van der Waals surface area contributed by atoms with Gasteiger partial charge in [0.05, 0.1) is 11.4 Å². The van der Waals surface area contributed by atoms with E-state index in [2.05, 4.69) is 27.9 Å². The molecule has 0 saturated carbocycles. The highest BCUT2D eigenvalue weighted by molar-refractivity contribution is 7.98. The summed E-state index contributed by atoms with van der Waals surface area (Å²) < 4.78 is 0. The van der Waals surface area contributed by atoms with Gasteiger partial charge in [0.15, 0.2) is 0 Å². The highest BCUT2D eigenvalue weighted by Gasteiger charge is 2.15. The van der Waals surface area contributed by atoms with Crippen molar-refractivity contribution in [2.45, 2.75) is 31.0 Å². The van der Waals surface area contributed by atoms with Gasteiger partial charge in [-0.25, -0.2) is 19.7 Å². The zero-order valence-electron chi connectivity index (χ0n) is 12.0. The van der Waals surface area contributed by atoms with E-state index >= 15 is 0 Å². The second-order valence-corrected chi connectivity index (χ2v) is 7.74. The third kappa shape index (κ3) is 2.99. The van der Waals surface area contributed by atoms with Gasteiger partial charge >= 0.3 is 5.97 Å². The van der Waals surface area contributed by atoms with E-state index in [1.807, 2.05) is 0 Å². The average Bonchev–Trinajstić information content (AvgIpc) is 3.08. The quantitative estimate of drug-likeness (QED) is 0.553. The monoisotopic (exact) mass is 351 g/mol. The molecule has 0 aliphatic heterocycles. The van der Waals surface area contributed by atoms with Crippen molar-refractivity contribution >= 4 is 50.6 Å². The molecule has 0 amide bonds. The summed E-state index contributed by atoms with van der Waals surface area (Å²) in [6.45, 7) is 3.85. The predicted molar refractivity (Wildman–Crippen MR) is 90.2 cm³/mol. The van der Waals surface area contributed by atoms with Crippen molar-refractivity contribution in [1.29, 1.82) is 0 Å². The van der Waals surface area contributed by atoms with Gasteiger partial charge in [0.1, 0.15) is 26.1 Å². The van der Waals surface area contributed by atoms with Gasteiger partial charge in [-0.3, -0.25) is 0 Å². The molecule has 3 aromatic heterocycles. The summed E-state index contributed by atoms with van der Waals surface area (Å²) in [5.41, 5.74) is 0.574. The number of carbonyl (C=O) groups is 1. The maximum atomic E-state index is 11.1. The van der Waals surface area contributed by atoms with Gasteiger partial charge in [-0.15, -0.1) is 22.7 Å². The Balaban J connectivity index is 1.83. The van der Waals surface area contributed by atoms with Gasteiger partial charge in [-0.1, -0.05) is 18.7 Å². The molecule has 0 aliphatic rings. The Morgan fingerprint density at radius 3 is 2.86 bits per heavy atom. The van der Waals surface area contributed by atoms with Crippen molar-refractivity contribution in [2.24, 2.45) is 0 Å². The van der Waals surface area contributed by atoms with Crippen molar-refractivity contribution in [3.63, 3.8) is 0 Å². The van der Waals surface area contributed by atoms with Crippen molar-refractivity contribution in [3.05, 3.63) is 32.8 Å². The number of rotatable bonds is 5. The Morgan fingerprint density at radius 2 is 2.18 bits per heavy atom. The lowest BCUT2D eigenvalue weighted by Crippen LogP contribution is -1.94. The number of aromatic carboxylic acids is 1. The van der Waals surface area contributed by atoms with Crippen molar-refractivity contribution in [2.75, 3.05) is 0 Å². The van der Waals surface area contributed by atoms with Crippen LogP contribution in [0.25, 0.3) is 10.2 Å². The van der Waals surface area contributed by atoms with Gasteiger partial charge in [0.25, 0.3) is 0 Å². The summed E-state index contributed by atoms with van der Waals surface area (Å²) in [6, 6.07) is 2.14. The Morgan fingerprint density at radius 1 is 1.36 bits per heavy atom. The lowest BCUT2D eigenvalue weighted by molar-refractivity contribution is 0.0701. The van der Waals surface area contributed by atoms with Gasteiger partial charge in [-0.05, 0) is 19.4 Å². The summed E-state index contributed by atoms with van der Waals surface area (Å²) in [5.74, 6) is -0.302. The fraction of sp³-hybridized carbons (Fsp3) is 0.286. The molecular weight excluding hydrogens is 338 g/mol. The van der Waals surface area contributed by atoms with E-state index in [-0.39, 0.29) is 0 Å². The van der Waals surface area contributed by atoms with Crippen LogP contribution in [-0.2, 0) is 12.2 Å².